The highest BCUT2D eigenvalue weighted by atomic mass is 15.2. The van der Waals surface area contributed by atoms with Gasteiger partial charge in [0.05, 0.1) is 11.3 Å². The third-order valence-corrected chi connectivity index (χ3v) is 4.05. The zero-order chi connectivity index (χ0) is 14.5. The molecule has 1 aromatic carbocycles. The number of hydrogen-bond donors (Lipinski definition) is 1. The van der Waals surface area contributed by atoms with Crippen LogP contribution in [0.2, 0.25) is 0 Å². The van der Waals surface area contributed by atoms with Gasteiger partial charge in [-0.15, -0.1) is 0 Å². The fourth-order valence-electron chi connectivity index (χ4n) is 3.10. The van der Waals surface area contributed by atoms with E-state index in [9.17, 15) is 5.26 Å². The van der Waals surface area contributed by atoms with E-state index < -0.39 is 0 Å². The molecule has 1 saturated carbocycles. The minimum absolute atomic E-state index is 0.489. The molecule has 20 heavy (non-hydrogen) atoms. The van der Waals surface area contributed by atoms with E-state index in [1.54, 1.807) is 0 Å². The third-order valence-electron chi connectivity index (χ3n) is 4.05. The molecule has 3 heteroatoms. The summed E-state index contributed by atoms with van der Waals surface area (Å²) < 4.78 is 0. The largest absolute Gasteiger partial charge is 0.367 e. The molecule has 0 bridgehead atoms. The van der Waals surface area contributed by atoms with E-state index in [0.29, 0.717) is 18.5 Å². The van der Waals surface area contributed by atoms with Gasteiger partial charge >= 0.3 is 0 Å². The van der Waals surface area contributed by atoms with Crippen molar-refractivity contribution in [2.24, 2.45) is 11.7 Å². The lowest BCUT2D eigenvalue weighted by molar-refractivity contribution is 0.535. The number of hydrogen-bond acceptors (Lipinski definition) is 3. The average molecular weight is 271 g/mol. The standard InChI is InChI=1S/C17H25N3/c1-13(2)12-20(16-5-3-4-6-16)17-8-7-14(10-18)9-15(17)11-19/h7-9,13,16H,3-6,10,12,18H2,1-2H3. The summed E-state index contributed by atoms with van der Waals surface area (Å²) in [6.07, 6.45) is 5.11. The van der Waals surface area contributed by atoms with Crippen molar-refractivity contribution in [2.75, 3.05) is 11.4 Å². The van der Waals surface area contributed by atoms with Crippen molar-refractivity contribution in [1.82, 2.24) is 0 Å². The highest BCUT2D eigenvalue weighted by Gasteiger charge is 2.25. The molecule has 0 spiro atoms. The maximum absolute atomic E-state index is 9.45. The Bertz CT molecular complexity index is 481. The molecular weight excluding hydrogens is 246 g/mol. The van der Waals surface area contributed by atoms with Crippen molar-refractivity contribution in [3.05, 3.63) is 29.3 Å². The zero-order valence-electron chi connectivity index (χ0n) is 12.6. The Balaban J connectivity index is 2.34. The lowest BCUT2D eigenvalue weighted by atomic mass is 10.0. The molecule has 1 aromatic rings. The van der Waals surface area contributed by atoms with Gasteiger partial charge in [0, 0.05) is 19.1 Å². The van der Waals surface area contributed by atoms with Gasteiger partial charge in [-0.2, -0.15) is 5.26 Å². The van der Waals surface area contributed by atoms with Crippen molar-refractivity contribution in [3.63, 3.8) is 0 Å². The molecule has 0 atom stereocenters. The highest BCUT2D eigenvalue weighted by molar-refractivity contribution is 5.61. The van der Waals surface area contributed by atoms with E-state index in [0.717, 1.165) is 23.4 Å². The number of rotatable bonds is 5. The Kier molecular flexibility index (Phi) is 5.03. The Morgan fingerprint density at radius 2 is 2.05 bits per heavy atom. The molecule has 0 amide bonds. The molecule has 1 aliphatic rings. The number of anilines is 1. The molecule has 0 aromatic heterocycles. The van der Waals surface area contributed by atoms with Crippen LogP contribution in [0, 0.1) is 17.2 Å². The molecule has 1 fully saturated rings. The second-order valence-electron chi connectivity index (χ2n) is 6.15. The Labute approximate surface area is 122 Å². The van der Waals surface area contributed by atoms with Crippen molar-refractivity contribution >= 4 is 5.69 Å². The van der Waals surface area contributed by atoms with E-state index in [4.69, 9.17) is 5.73 Å². The van der Waals surface area contributed by atoms with Crippen LogP contribution in [0.15, 0.2) is 18.2 Å². The minimum atomic E-state index is 0.489. The van der Waals surface area contributed by atoms with Crippen LogP contribution in [0.5, 0.6) is 0 Å². The van der Waals surface area contributed by atoms with Crippen molar-refractivity contribution < 1.29 is 0 Å². The van der Waals surface area contributed by atoms with Crippen LogP contribution >= 0.6 is 0 Å². The van der Waals surface area contributed by atoms with E-state index in [1.165, 1.54) is 25.7 Å². The first-order valence-corrected chi connectivity index (χ1v) is 7.65. The van der Waals surface area contributed by atoms with E-state index in [1.807, 2.05) is 6.07 Å². The van der Waals surface area contributed by atoms with Crippen molar-refractivity contribution in [2.45, 2.75) is 52.1 Å². The van der Waals surface area contributed by atoms with Crippen LogP contribution in [0.3, 0.4) is 0 Å². The summed E-state index contributed by atoms with van der Waals surface area (Å²) in [5.41, 5.74) is 8.56. The van der Waals surface area contributed by atoms with Crippen LogP contribution in [-0.4, -0.2) is 12.6 Å². The van der Waals surface area contributed by atoms with Crippen LogP contribution < -0.4 is 10.6 Å². The first-order valence-electron chi connectivity index (χ1n) is 7.65. The Morgan fingerprint density at radius 1 is 1.35 bits per heavy atom. The second kappa shape index (κ2) is 6.76. The molecule has 2 rings (SSSR count). The first kappa shape index (κ1) is 14.9. The summed E-state index contributed by atoms with van der Waals surface area (Å²) in [6, 6.07) is 9.02. The van der Waals surface area contributed by atoms with Crippen molar-refractivity contribution in [1.29, 1.82) is 5.26 Å². The molecule has 108 valence electrons. The predicted molar refractivity (Wildman–Crippen MR) is 83.5 cm³/mol. The second-order valence-corrected chi connectivity index (χ2v) is 6.15. The van der Waals surface area contributed by atoms with Crippen LogP contribution in [-0.2, 0) is 6.54 Å². The number of nitriles is 1. The number of nitrogens with two attached hydrogens (primary N) is 1. The smallest absolute Gasteiger partial charge is 0.101 e. The molecule has 2 N–H and O–H groups in total. The molecule has 1 aliphatic carbocycles. The first-order chi connectivity index (χ1) is 9.65. The molecule has 0 radical (unpaired) electrons. The monoisotopic (exact) mass is 271 g/mol. The van der Waals surface area contributed by atoms with Gasteiger partial charge in [0.25, 0.3) is 0 Å². The molecule has 0 aliphatic heterocycles. The predicted octanol–water partition coefficient (Wildman–Crippen LogP) is 3.42. The van der Waals surface area contributed by atoms with E-state index >= 15 is 0 Å². The summed E-state index contributed by atoms with van der Waals surface area (Å²) in [5.74, 6) is 0.594. The Morgan fingerprint density at radius 3 is 2.60 bits per heavy atom. The van der Waals surface area contributed by atoms with Gasteiger partial charge in [-0.3, -0.25) is 0 Å². The van der Waals surface area contributed by atoms with Gasteiger partial charge in [-0.25, -0.2) is 0 Å². The molecule has 0 heterocycles. The van der Waals surface area contributed by atoms with Crippen LogP contribution in [0.4, 0.5) is 5.69 Å². The van der Waals surface area contributed by atoms with E-state index in [2.05, 4.69) is 36.9 Å². The molecule has 0 unspecified atom stereocenters. The molecule has 3 nitrogen and oxygen atoms in total. The highest BCUT2D eigenvalue weighted by Crippen LogP contribution is 2.31. The third kappa shape index (κ3) is 3.32. The van der Waals surface area contributed by atoms with Gasteiger partial charge in [-0.05, 0) is 36.5 Å². The topological polar surface area (TPSA) is 53.0 Å². The SMILES string of the molecule is CC(C)CN(c1ccc(CN)cc1C#N)C1CCCC1. The fourth-order valence-corrected chi connectivity index (χ4v) is 3.10. The van der Waals surface area contributed by atoms with Gasteiger partial charge in [0.15, 0.2) is 0 Å². The number of nitrogens with zero attached hydrogens (tertiary/aromatic N) is 2. The maximum atomic E-state index is 9.45. The maximum Gasteiger partial charge on any atom is 0.101 e. The quantitative estimate of drug-likeness (QED) is 0.892. The molecule has 0 saturated heterocycles. The Hall–Kier alpha value is -1.53. The molecular formula is C17H25N3. The van der Waals surface area contributed by atoms with Crippen LogP contribution in [0.25, 0.3) is 0 Å². The summed E-state index contributed by atoms with van der Waals surface area (Å²) in [7, 11) is 0. The van der Waals surface area contributed by atoms with Gasteiger partial charge < -0.3 is 10.6 Å². The van der Waals surface area contributed by atoms with Gasteiger partial charge in [0.2, 0.25) is 0 Å². The van der Waals surface area contributed by atoms with Gasteiger partial charge in [0.1, 0.15) is 6.07 Å². The van der Waals surface area contributed by atoms with Crippen molar-refractivity contribution in [3.8, 4) is 6.07 Å². The lowest BCUT2D eigenvalue weighted by Gasteiger charge is -2.33. The lowest BCUT2D eigenvalue weighted by Crippen LogP contribution is -2.36. The zero-order valence-corrected chi connectivity index (χ0v) is 12.6. The fraction of sp³-hybridized carbons (Fsp3) is 0.588. The summed E-state index contributed by atoms with van der Waals surface area (Å²) in [6.45, 7) is 5.98. The summed E-state index contributed by atoms with van der Waals surface area (Å²) in [5, 5.41) is 9.45. The van der Waals surface area contributed by atoms with Gasteiger partial charge in [-0.1, -0.05) is 32.8 Å². The minimum Gasteiger partial charge on any atom is -0.367 e. The summed E-state index contributed by atoms with van der Waals surface area (Å²) >= 11 is 0. The number of benzene rings is 1. The average Bonchev–Trinajstić information content (AvgIpc) is 2.98. The summed E-state index contributed by atoms with van der Waals surface area (Å²) in [4.78, 5) is 2.45. The van der Waals surface area contributed by atoms with Crippen LogP contribution in [0.1, 0.15) is 50.7 Å². The normalized spacial score (nSPS) is 15.6. The van der Waals surface area contributed by atoms with E-state index in [-0.39, 0.29) is 0 Å².